The van der Waals surface area contributed by atoms with Gasteiger partial charge in [-0.15, -0.1) is 0 Å². The molecule has 0 heterocycles. The van der Waals surface area contributed by atoms with E-state index in [4.69, 9.17) is 4.74 Å². The lowest BCUT2D eigenvalue weighted by Gasteiger charge is -2.33. The Balaban J connectivity index is 1.99. The molecule has 0 saturated heterocycles. The fourth-order valence-electron chi connectivity index (χ4n) is 2.80. The third kappa shape index (κ3) is 6.42. The zero-order chi connectivity index (χ0) is 12.7. The summed E-state index contributed by atoms with van der Waals surface area (Å²) in [7, 11) is 0. The standard InChI is InChI=1S/C15H31NO/c1-12(2)17-10-6-5-9-16-15-8-7-13(3)11-14(15)4/h12-16H,5-11H2,1-4H3. The molecule has 102 valence electrons. The van der Waals surface area contributed by atoms with Gasteiger partial charge in [0.1, 0.15) is 0 Å². The molecule has 0 aromatic carbocycles. The maximum absolute atomic E-state index is 5.54. The van der Waals surface area contributed by atoms with E-state index in [0.717, 1.165) is 31.0 Å². The Kier molecular flexibility index (Phi) is 7.14. The lowest BCUT2D eigenvalue weighted by atomic mass is 9.80. The van der Waals surface area contributed by atoms with Crippen LogP contribution >= 0.6 is 0 Å². The topological polar surface area (TPSA) is 21.3 Å². The van der Waals surface area contributed by atoms with Crippen molar-refractivity contribution >= 4 is 0 Å². The highest BCUT2D eigenvalue weighted by atomic mass is 16.5. The molecule has 3 unspecified atom stereocenters. The summed E-state index contributed by atoms with van der Waals surface area (Å²) < 4.78 is 5.54. The number of ether oxygens (including phenoxy) is 1. The van der Waals surface area contributed by atoms with Gasteiger partial charge >= 0.3 is 0 Å². The van der Waals surface area contributed by atoms with Crippen LogP contribution in [0.3, 0.4) is 0 Å². The first kappa shape index (κ1) is 15.0. The summed E-state index contributed by atoms with van der Waals surface area (Å²) in [5.74, 6) is 1.79. The third-order valence-electron chi connectivity index (χ3n) is 3.86. The predicted octanol–water partition coefficient (Wildman–Crippen LogP) is 3.61. The molecule has 1 fully saturated rings. The highest BCUT2D eigenvalue weighted by Gasteiger charge is 2.24. The molecule has 1 aliphatic rings. The van der Waals surface area contributed by atoms with Gasteiger partial charge < -0.3 is 10.1 Å². The molecule has 2 heteroatoms. The van der Waals surface area contributed by atoms with Crippen LogP contribution in [0.5, 0.6) is 0 Å². The van der Waals surface area contributed by atoms with Crippen LogP contribution in [0.2, 0.25) is 0 Å². The summed E-state index contributed by atoms with van der Waals surface area (Å²) in [5, 5.41) is 3.72. The van der Waals surface area contributed by atoms with Gasteiger partial charge in [-0.3, -0.25) is 0 Å². The summed E-state index contributed by atoms with van der Waals surface area (Å²) in [6.45, 7) is 11.1. The molecule has 0 aromatic rings. The van der Waals surface area contributed by atoms with Crippen LogP contribution in [-0.2, 0) is 4.74 Å². The van der Waals surface area contributed by atoms with Gasteiger partial charge in [-0.1, -0.05) is 13.8 Å². The number of rotatable bonds is 7. The molecule has 1 saturated carbocycles. The third-order valence-corrected chi connectivity index (χ3v) is 3.86. The van der Waals surface area contributed by atoms with E-state index in [1.807, 2.05) is 0 Å². The van der Waals surface area contributed by atoms with E-state index in [2.05, 4.69) is 33.0 Å². The maximum atomic E-state index is 5.54. The Labute approximate surface area is 108 Å². The van der Waals surface area contributed by atoms with Crippen LogP contribution in [0.4, 0.5) is 0 Å². The van der Waals surface area contributed by atoms with Gasteiger partial charge in [0.05, 0.1) is 6.10 Å². The normalized spacial score (nSPS) is 29.8. The van der Waals surface area contributed by atoms with Crippen molar-refractivity contribution in [2.45, 2.75) is 71.9 Å². The Morgan fingerprint density at radius 2 is 1.94 bits per heavy atom. The van der Waals surface area contributed by atoms with E-state index < -0.39 is 0 Å². The highest BCUT2D eigenvalue weighted by molar-refractivity contribution is 4.80. The van der Waals surface area contributed by atoms with E-state index in [0.29, 0.717) is 6.10 Å². The largest absolute Gasteiger partial charge is 0.379 e. The van der Waals surface area contributed by atoms with Crippen LogP contribution in [0.25, 0.3) is 0 Å². The van der Waals surface area contributed by atoms with Gasteiger partial charge in [-0.25, -0.2) is 0 Å². The average Bonchev–Trinajstić information content (AvgIpc) is 2.25. The minimum Gasteiger partial charge on any atom is -0.379 e. The molecule has 0 spiro atoms. The van der Waals surface area contributed by atoms with E-state index in [9.17, 15) is 0 Å². The molecule has 2 nitrogen and oxygen atoms in total. The Morgan fingerprint density at radius 1 is 1.18 bits per heavy atom. The number of nitrogens with one attached hydrogen (secondary N) is 1. The first-order valence-corrected chi connectivity index (χ1v) is 7.44. The molecule has 0 radical (unpaired) electrons. The fraction of sp³-hybridized carbons (Fsp3) is 1.00. The lowest BCUT2D eigenvalue weighted by Crippen LogP contribution is -2.39. The molecule has 0 bridgehead atoms. The first-order valence-electron chi connectivity index (χ1n) is 7.44. The van der Waals surface area contributed by atoms with Gasteiger partial charge in [-0.2, -0.15) is 0 Å². The second-order valence-corrected chi connectivity index (χ2v) is 6.08. The SMILES string of the molecule is CC1CCC(NCCCCOC(C)C)C(C)C1. The molecular formula is C15H31NO. The molecular weight excluding hydrogens is 210 g/mol. The van der Waals surface area contributed by atoms with Crippen molar-refractivity contribution in [1.29, 1.82) is 0 Å². The zero-order valence-electron chi connectivity index (χ0n) is 12.2. The Bertz CT molecular complexity index is 193. The van der Waals surface area contributed by atoms with Crippen molar-refractivity contribution in [2.24, 2.45) is 11.8 Å². The molecule has 3 atom stereocenters. The van der Waals surface area contributed by atoms with Crippen LogP contribution in [-0.4, -0.2) is 25.3 Å². The molecule has 1 N–H and O–H groups in total. The van der Waals surface area contributed by atoms with Gasteiger partial charge in [0.15, 0.2) is 0 Å². The van der Waals surface area contributed by atoms with Crippen LogP contribution in [0, 0.1) is 11.8 Å². The second kappa shape index (κ2) is 8.10. The van der Waals surface area contributed by atoms with Gasteiger partial charge in [-0.05, 0) is 64.3 Å². The van der Waals surface area contributed by atoms with Crippen molar-refractivity contribution < 1.29 is 4.74 Å². The summed E-state index contributed by atoms with van der Waals surface area (Å²) in [6.07, 6.45) is 6.97. The van der Waals surface area contributed by atoms with E-state index >= 15 is 0 Å². The number of unbranched alkanes of at least 4 members (excludes halogenated alkanes) is 1. The summed E-state index contributed by atoms with van der Waals surface area (Å²) >= 11 is 0. The quantitative estimate of drug-likeness (QED) is 0.688. The summed E-state index contributed by atoms with van der Waals surface area (Å²) in [6, 6.07) is 0.761. The molecule has 1 rings (SSSR count). The zero-order valence-corrected chi connectivity index (χ0v) is 12.2. The Morgan fingerprint density at radius 3 is 2.59 bits per heavy atom. The van der Waals surface area contributed by atoms with E-state index in [1.165, 1.54) is 32.1 Å². The van der Waals surface area contributed by atoms with Crippen LogP contribution in [0.15, 0.2) is 0 Å². The maximum Gasteiger partial charge on any atom is 0.0518 e. The summed E-state index contributed by atoms with van der Waals surface area (Å²) in [4.78, 5) is 0. The van der Waals surface area contributed by atoms with Gasteiger partial charge in [0.25, 0.3) is 0 Å². The minimum absolute atomic E-state index is 0.378. The first-order chi connectivity index (χ1) is 8.09. The van der Waals surface area contributed by atoms with Crippen LogP contribution in [0.1, 0.15) is 59.8 Å². The monoisotopic (exact) mass is 241 g/mol. The molecule has 0 amide bonds. The predicted molar refractivity (Wildman–Crippen MR) is 74.3 cm³/mol. The second-order valence-electron chi connectivity index (χ2n) is 6.08. The van der Waals surface area contributed by atoms with Crippen molar-refractivity contribution in [3.8, 4) is 0 Å². The van der Waals surface area contributed by atoms with Gasteiger partial charge in [0.2, 0.25) is 0 Å². The average molecular weight is 241 g/mol. The fourth-order valence-corrected chi connectivity index (χ4v) is 2.80. The minimum atomic E-state index is 0.378. The van der Waals surface area contributed by atoms with Crippen molar-refractivity contribution in [2.75, 3.05) is 13.2 Å². The summed E-state index contributed by atoms with van der Waals surface area (Å²) in [5.41, 5.74) is 0. The molecule has 0 aliphatic heterocycles. The molecule has 0 aromatic heterocycles. The van der Waals surface area contributed by atoms with Crippen molar-refractivity contribution in [3.05, 3.63) is 0 Å². The molecule has 17 heavy (non-hydrogen) atoms. The molecule has 1 aliphatic carbocycles. The highest BCUT2D eigenvalue weighted by Crippen LogP contribution is 2.28. The Hall–Kier alpha value is -0.0800. The smallest absolute Gasteiger partial charge is 0.0518 e. The number of hydrogen-bond donors (Lipinski definition) is 1. The van der Waals surface area contributed by atoms with Crippen molar-refractivity contribution in [3.63, 3.8) is 0 Å². The van der Waals surface area contributed by atoms with E-state index in [-0.39, 0.29) is 0 Å². The lowest BCUT2D eigenvalue weighted by molar-refractivity contribution is 0.0757. The van der Waals surface area contributed by atoms with Crippen LogP contribution < -0.4 is 5.32 Å². The van der Waals surface area contributed by atoms with E-state index in [1.54, 1.807) is 0 Å². The number of hydrogen-bond acceptors (Lipinski definition) is 2. The van der Waals surface area contributed by atoms with Gasteiger partial charge in [0, 0.05) is 12.6 Å². The van der Waals surface area contributed by atoms with Crippen molar-refractivity contribution in [1.82, 2.24) is 5.32 Å².